The minimum atomic E-state index is -4.78. The molecule has 0 aliphatic rings. The first kappa shape index (κ1) is 37.6. The first-order chi connectivity index (χ1) is 23.6. The highest BCUT2D eigenvalue weighted by Gasteiger charge is 2.32. The van der Waals surface area contributed by atoms with Gasteiger partial charge in [-0.15, -0.1) is 31.4 Å². The van der Waals surface area contributed by atoms with Crippen LogP contribution in [0.15, 0.2) is 121 Å². The fraction of sp³-hybridized carbons (Fsp3) is 0.0625. The average molecular weight is 810 g/mol. The van der Waals surface area contributed by atoms with Crippen LogP contribution in [0.4, 0.5) is 38.0 Å². The van der Waals surface area contributed by atoms with E-state index < -0.39 is 25.6 Å². The summed E-state index contributed by atoms with van der Waals surface area (Å²) < 4.78 is 84.2. The highest BCUT2D eigenvalue weighted by Crippen LogP contribution is 2.30. The zero-order valence-electron chi connectivity index (χ0n) is 25.4. The second-order valence-electron chi connectivity index (χ2n) is 9.91. The van der Waals surface area contributed by atoms with Gasteiger partial charge in [-0.05, 0) is 76.6 Å². The van der Waals surface area contributed by atoms with Crippen LogP contribution in [0.25, 0.3) is 22.6 Å². The van der Waals surface area contributed by atoms with E-state index in [4.69, 9.17) is 21.5 Å². The van der Waals surface area contributed by atoms with Gasteiger partial charge in [0, 0.05) is 17.7 Å². The average Bonchev–Trinajstić information content (AvgIpc) is 3.62. The molecule has 4 aromatic carbocycles. The van der Waals surface area contributed by atoms with Gasteiger partial charge >= 0.3 is 19.8 Å². The summed E-state index contributed by atoms with van der Waals surface area (Å²) in [5.41, 5.74) is 14.1. The number of halogens is 7. The first-order valence-electron chi connectivity index (χ1n) is 14.1. The van der Waals surface area contributed by atoms with Crippen LogP contribution in [0.1, 0.15) is 0 Å². The number of para-hydroxylation sites is 2. The lowest BCUT2D eigenvalue weighted by Gasteiger charge is -2.11. The van der Waals surface area contributed by atoms with Crippen molar-refractivity contribution in [3.8, 4) is 34.1 Å². The van der Waals surface area contributed by atoms with E-state index in [1.807, 2.05) is 71.4 Å². The van der Waals surface area contributed by atoms with Gasteiger partial charge < -0.3 is 31.0 Å². The van der Waals surface area contributed by atoms with Crippen molar-refractivity contribution in [3.63, 3.8) is 0 Å². The van der Waals surface area contributed by atoms with E-state index in [2.05, 4.69) is 42.3 Å². The Morgan fingerprint density at radius 3 is 1.58 bits per heavy atom. The number of benzene rings is 4. The smallest absolute Gasteiger partial charge is 0.423 e. The number of hydrogen-bond donors (Lipinski definition) is 4. The minimum absolute atomic E-state index is 0.0632. The molecule has 0 aliphatic heterocycles. The summed E-state index contributed by atoms with van der Waals surface area (Å²) >= 11 is 2.21. The van der Waals surface area contributed by atoms with Crippen LogP contribution >= 0.6 is 22.6 Å². The maximum absolute atomic E-state index is 12.4. The van der Waals surface area contributed by atoms with Gasteiger partial charge in [-0.1, -0.05) is 60.7 Å². The molecule has 10 nitrogen and oxygen atoms in total. The van der Waals surface area contributed by atoms with Crippen molar-refractivity contribution < 1.29 is 45.9 Å². The van der Waals surface area contributed by atoms with E-state index in [9.17, 15) is 26.3 Å². The number of rotatable bonds is 6. The largest absolute Gasteiger partial charge is 0.573 e. The molecule has 18 heteroatoms. The summed E-state index contributed by atoms with van der Waals surface area (Å²) in [6.07, 6.45) is -9.52. The predicted molar refractivity (Wildman–Crippen MR) is 184 cm³/mol. The SMILES string of the molecule is Nc1cc(-c2cccc(OC(F)(F)F)c2)n(-c2ccccc2)n1.Nc1cc(I)n(-c2ccccc2)n1.OB(O)c1cccc(OC(F)(F)F)c1. The van der Waals surface area contributed by atoms with Crippen molar-refractivity contribution in [1.29, 1.82) is 0 Å². The minimum Gasteiger partial charge on any atom is -0.423 e. The number of ether oxygens (including phenoxy) is 2. The van der Waals surface area contributed by atoms with Gasteiger partial charge in [0.25, 0.3) is 0 Å². The third-order valence-electron chi connectivity index (χ3n) is 6.17. The zero-order valence-corrected chi connectivity index (χ0v) is 27.6. The Hall–Kier alpha value is -5.21. The van der Waals surface area contributed by atoms with Gasteiger partial charge in [-0.25, -0.2) is 9.36 Å². The van der Waals surface area contributed by atoms with Crippen LogP contribution in [0, 0.1) is 3.70 Å². The molecule has 0 radical (unpaired) electrons. The molecule has 260 valence electrons. The molecular formula is C32H26BF6IN6O4. The van der Waals surface area contributed by atoms with Gasteiger partial charge in [-0.3, -0.25) is 0 Å². The summed E-state index contributed by atoms with van der Waals surface area (Å²) in [4.78, 5) is 0. The van der Waals surface area contributed by atoms with Gasteiger partial charge in [0.15, 0.2) is 0 Å². The summed E-state index contributed by atoms with van der Waals surface area (Å²) in [5, 5.41) is 25.7. The fourth-order valence-electron chi connectivity index (χ4n) is 4.22. The monoisotopic (exact) mass is 810 g/mol. The maximum atomic E-state index is 12.4. The standard InChI is InChI=1S/C16H12F3N3O.C9H8IN3.C7H6BF3O3/c17-16(18,19)23-13-8-4-5-11(9-13)14-10-15(20)21-22(14)12-6-2-1-3-7-12;10-8-6-9(11)12-13(8)7-4-2-1-3-5-7;9-7(10,11)14-6-3-1-2-5(4-6)8(12)13/h1-10H,(H2,20,21);1-6H,(H2,11,12);1-4,12-13H. The summed E-state index contributed by atoms with van der Waals surface area (Å²) in [6, 6.07) is 32.7. The van der Waals surface area contributed by atoms with Crippen molar-refractivity contribution in [3.05, 3.63) is 125 Å². The molecule has 0 unspecified atom stereocenters. The second-order valence-corrected chi connectivity index (χ2v) is 11.0. The van der Waals surface area contributed by atoms with Crippen LogP contribution < -0.4 is 26.4 Å². The normalized spacial score (nSPS) is 11.1. The molecule has 2 heterocycles. The van der Waals surface area contributed by atoms with Crippen molar-refractivity contribution in [2.24, 2.45) is 0 Å². The molecule has 6 aromatic rings. The van der Waals surface area contributed by atoms with Gasteiger partial charge in [-0.2, -0.15) is 5.10 Å². The van der Waals surface area contributed by atoms with Crippen LogP contribution in [0.5, 0.6) is 11.5 Å². The van der Waals surface area contributed by atoms with E-state index in [-0.39, 0.29) is 17.0 Å². The number of alkyl halides is 6. The van der Waals surface area contributed by atoms with E-state index in [1.165, 1.54) is 30.3 Å². The Kier molecular flexibility index (Phi) is 12.4. The Balaban J connectivity index is 0.000000179. The molecular weight excluding hydrogens is 784 g/mol. The Labute approximate surface area is 294 Å². The maximum Gasteiger partial charge on any atom is 0.573 e. The van der Waals surface area contributed by atoms with E-state index in [0.29, 0.717) is 17.1 Å². The third-order valence-corrected chi connectivity index (χ3v) is 6.94. The summed E-state index contributed by atoms with van der Waals surface area (Å²) in [5.74, 6) is 0.0386. The molecule has 6 N–H and O–H groups in total. The molecule has 0 atom stereocenters. The summed E-state index contributed by atoms with van der Waals surface area (Å²) in [7, 11) is -1.81. The Morgan fingerprint density at radius 1 is 0.600 bits per heavy atom. The van der Waals surface area contributed by atoms with Crippen LogP contribution in [0.3, 0.4) is 0 Å². The Morgan fingerprint density at radius 2 is 1.08 bits per heavy atom. The highest BCUT2D eigenvalue weighted by atomic mass is 127. The molecule has 0 amide bonds. The van der Waals surface area contributed by atoms with Gasteiger partial charge in [0.2, 0.25) is 0 Å². The van der Waals surface area contributed by atoms with E-state index >= 15 is 0 Å². The molecule has 0 saturated heterocycles. The van der Waals surface area contributed by atoms with Crippen LogP contribution in [-0.4, -0.2) is 49.5 Å². The number of nitrogens with two attached hydrogens (primary N) is 2. The fourth-order valence-corrected chi connectivity index (χ4v) is 4.93. The topological polar surface area (TPSA) is 147 Å². The molecule has 50 heavy (non-hydrogen) atoms. The molecule has 0 saturated carbocycles. The van der Waals surface area contributed by atoms with E-state index in [1.54, 1.807) is 16.8 Å². The molecule has 2 aromatic heterocycles. The zero-order chi connectivity index (χ0) is 36.5. The number of nitrogens with zero attached hydrogens (tertiary/aromatic N) is 4. The van der Waals surface area contributed by atoms with Gasteiger partial charge in [0.1, 0.15) is 26.8 Å². The molecule has 0 bridgehead atoms. The predicted octanol–water partition coefficient (Wildman–Crippen LogP) is 6.34. The number of nitrogen functional groups attached to an aromatic ring is 2. The number of aromatic nitrogens is 4. The molecule has 0 fully saturated rings. The molecule has 6 rings (SSSR count). The second kappa shape index (κ2) is 16.5. The van der Waals surface area contributed by atoms with Crippen LogP contribution in [0.2, 0.25) is 0 Å². The lowest BCUT2D eigenvalue weighted by Crippen LogP contribution is -2.30. The van der Waals surface area contributed by atoms with Crippen molar-refractivity contribution in [2.45, 2.75) is 12.7 Å². The van der Waals surface area contributed by atoms with E-state index in [0.717, 1.165) is 27.2 Å². The molecule has 0 spiro atoms. The van der Waals surface area contributed by atoms with Crippen molar-refractivity contribution >= 4 is 46.8 Å². The number of hydrogen-bond acceptors (Lipinski definition) is 8. The number of anilines is 2. The quantitative estimate of drug-likeness (QED) is 0.0867. The van der Waals surface area contributed by atoms with Crippen LogP contribution in [-0.2, 0) is 0 Å². The summed E-state index contributed by atoms with van der Waals surface area (Å²) in [6.45, 7) is 0. The Bertz CT molecular complexity index is 1980. The van der Waals surface area contributed by atoms with Gasteiger partial charge in [0.05, 0.1) is 17.1 Å². The molecule has 0 aliphatic carbocycles. The highest BCUT2D eigenvalue weighted by molar-refractivity contribution is 14.1. The van der Waals surface area contributed by atoms with Crippen molar-refractivity contribution in [1.82, 2.24) is 19.6 Å². The third kappa shape index (κ3) is 11.5. The lowest BCUT2D eigenvalue weighted by molar-refractivity contribution is -0.275. The first-order valence-corrected chi connectivity index (χ1v) is 15.2. The van der Waals surface area contributed by atoms with Crippen molar-refractivity contribution in [2.75, 3.05) is 11.5 Å². The lowest BCUT2D eigenvalue weighted by atomic mass is 9.80.